The number of nitrogens with zero attached hydrogens (tertiary/aromatic N) is 2. The highest BCUT2D eigenvalue weighted by atomic mass is 19.1. The molecule has 0 saturated heterocycles. The van der Waals surface area contributed by atoms with Crippen LogP contribution in [0.1, 0.15) is 43.0 Å². The molecule has 2 heterocycles. The lowest BCUT2D eigenvalue weighted by atomic mass is 10.1. The van der Waals surface area contributed by atoms with E-state index in [0.29, 0.717) is 12.1 Å². The number of aromatic hydroxyl groups is 1. The molecule has 2 amide bonds. The highest BCUT2D eigenvalue weighted by Crippen LogP contribution is 2.30. The van der Waals surface area contributed by atoms with Gasteiger partial charge in [-0.2, -0.15) is 0 Å². The third-order valence-electron chi connectivity index (χ3n) is 5.87. The standard InChI is InChI=1S/C24H18F2N2O3/c25-18-6-4-15-10-27(12-17(15)8-18)24(31)19-9-14(5-7-22(19)29)23(30)28-11-16-2-1-3-21(26)20(16)13-28/h1-9,29H,10-13H2. The molecule has 0 unspecified atom stereocenters. The molecule has 0 bridgehead atoms. The van der Waals surface area contributed by atoms with Gasteiger partial charge in [0.2, 0.25) is 0 Å². The van der Waals surface area contributed by atoms with Gasteiger partial charge in [-0.3, -0.25) is 9.59 Å². The topological polar surface area (TPSA) is 60.9 Å². The van der Waals surface area contributed by atoms with Gasteiger partial charge in [-0.15, -0.1) is 0 Å². The number of carbonyl (C=O) groups excluding carboxylic acids is 2. The van der Waals surface area contributed by atoms with Crippen molar-refractivity contribution in [3.63, 3.8) is 0 Å². The van der Waals surface area contributed by atoms with Gasteiger partial charge < -0.3 is 14.9 Å². The summed E-state index contributed by atoms with van der Waals surface area (Å²) in [6, 6.07) is 13.3. The summed E-state index contributed by atoms with van der Waals surface area (Å²) < 4.78 is 27.5. The van der Waals surface area contributed by atoms with Crippen LogP contribution < -0.4 is 0 Å². The molecule has 3 aromatic rings. The third kappa shape index (κ3) is 3.32. The summed E-state index contributed by atoms with van der Waals surface area (Å²) in [5, 5.41) is 10.3. The molecular formula is C24H18F2N2O3. The summed E-state index contributed by atoms with van der Waals surface area (Å²) in [4.78, 5) is 29.0. The van der Waals surface area contributed by atoms with E-state index in [9.17, 15) is 23.5 Å². The lowest BCUT2D eigenvalue weighted by Gasteiger charge is -2.19. The molecule has 3 aromatic carbocycles. The normalized spacial score (nSPS) is 14.5. The van der Waals surface area contributed by atoms with Gasteiger partial charge in [0.1, 0.15) is 17.4 Å². The van der Waals surface area contributed by atoms with E-state index < -0.39 is 5.91 Å². The van der Waals surface area contributed by atoms with E-state index in [1.807, 2.05) is 0 Å². The maximum Gasteiger partial charge on any atom is 0.258 e. The Morgan fingerprint density at radius 2 is 1.52 bits per heavy atom. The molecule has 2 aliphatic rings. The van der Waals surface area contributed by atoms with Gasteiger partial charge in [0.15, 0.2) is 0 Å². The zero-order valence-electron chi connectivity index (χ0n) is 16.4. The fourth-order valence-electron chi connectivity index (χ4n) is 4.22. The van der Waals surface area contributed by atoms with Gasteiger partial charge >= 0.3 is 0 Å². The molecule has 0 spiro atoms. The lowest BCUT2D eigenvalue weighted by Crippen LogP contribution is -2.27. The van der Waals surface area contributed by atoms with Crippen LogP contribution in [-0.4, -0.2) is 26.7 Å². The second-order valence-electron chi connectivity index (χ2n) is 7.84. The minimum absolute atomic E-state index is 0.00187. The lowest BCUT2D eigenvalue weighted by molar-refractivity contribution is 0.0747. The van der Waals surface area contributed by atoms with Crippen LogP contribution in [0.15, 0.2) is 54.6 Å². The molecule has 0 aliphatic carbocycles. The van der Waals surface area contributed by atoms with Crippen molar-refractivity contribution in [3.05, 3.63) is 99.6 Å². The fourth-order valence-corrected chi connectivity index (χ4v) is 4.22. The van der Waals surface area contributed by atoms with Gasteiger partial charge in [0.25, 0.3) is 11.8 Å². The van der Waals surface area contributed by atoms with Crippen LogP contribution in [0.25, 0.3) is 0 Å². The van der Waals surface area contributed by atoms with Crippen molar-refractivity contribution in [1.82, 2.24) is 9.80 Å². The van der Waals surface area contributed by atoms with Crippen LogP contribution in [-0.2, 0) is 26.2 Å². The first-order chi connectivity index (χ1) is 14.9. The first kappa shape index (κ1) is 19.2. The van der Waals surface area contributed by atoms with Crippen LogP contribution in [0.3, 0.4) is 0 Å². The monoisotopic (exact) mass is 420 g/mol. The fraction of sp³-hybridized carbons (Fsp3) is 0.167. The largest absolute Gasteiger partial charge is 0.507 e. The van der Waals surface area contributed by atoms with E-state index in [1.54, 1.807) is 18.2 Å². The highest BCUT2D eigenvalue weighted by Gasteiger charge is 2.29. The molecule has 0 saturated carbocycles. The van der Waals surface area contributed by atoms with E-state index >= 15 is 0 Å². The molecule has 0 fully saturated rings. The Balaban J connectivity index is 1.38. The van der Waals surface area contributed by atoms with Crippen molar-refractivity contribution in [2.24, 2.45) is 0 Å². The molecule has 31 heavy (non-hydrogen) atoms. The van der Waals surface area contributed by atoms with Crippen molar-refractivity contribution in [3.8, 4) is 5.75 Å². The van der Waals surface area contributed by atoms with Crippen molar-refractivity contribution in [1.29, 1.82) is 0 Å². The van der Waals surface area contributed by atoms with Gasteiger partial charge in [0, 0.05) is 37.3 Å². The SMILES string of the molecule is O=C(c1ccc(O)c(C(=O)N2Cc3ccc(F)cc3C2)c1)N1Cc2cccc(F)c2C1. The summed E-state index contributed by atoms with van der Waals surface area (Å²) in [7, 11) is 0. The van der Waals surface area contributed by atoms with Gasteiger partial charge in [-0.25, -0.2) is 8.78 Å². The van der Waals surface area contributed by atoms with Crippen molar-refractivity contribution in [2.75, 3.05) is 0 Å². The average molecular weight is 420 g/mol. The molecule has 0 radical (unpaired) electrons. The summed E-state index contributed by atoms with van der Waals surface area (Å²) in [6.45, 7) is 0.956. The van der Waals surface area contributed by atoms with E-state index in [2.05, 4.69) is 0 Å². The van der Waals surface area contributed by atoms with E-state index in [0.717, 1.165) is 16.7 Å². The molecule has 0 atom stereocenters. The third-order valence-corrected chi connectivity index (χ3v) is 5.87. The van der Waals surface area contributed by atoms with E-state index in [1.165, 1.54) is 46.2 Å². The first-order valence-corrected chi connectivity index (χ1v) is 9.86. The maximum absolute atomic E-state index is 14.0. The summed E-state index contributed by atoms with van der Waals surface area (Å²) in [5.41, 5.74) is 3.05. The Hall–Kier alpha value is -3.74. The van der Waals surface area contributed by atoms with Crippen LogP contribution in [0.2, 0.25) is 0 Å². The Bertz CT molecular complexity index is 1240. The Morgan fingerprint density at radius 3 is 2.32 bits per heavy atom. The predicted molar refractivity (Wildman–Crippen MR) is 108 cm³/mol. The molecule has 156 valence electrons. The summed E-state index contributed by atoms with van der Waals surface area (Å²) in [6.07, 6.45) is 0. The number of benzene rings is 3. The van der Waals surface area contributed by atoms with Crippen LogP contribution in [0.5, 0.6) is 5.75 Å². The van der Waals surface area contributed by atoms with Crippen LogP contribution >= 0.6 is 0 Å². The number of fused-ring (bicyclic) bond motifs is 2. The van der Waals surface area contributed by atoms with Gasteiger partial charge in [0.05, 0.1) is 5.56 Å². The van der Waals surface area contributed by atoms with E-state index in [-0.39, 0.29) is 54.1 Å². The first-order valence-electron chi connectivity index (χ1n) is 9.86. The zero-order chi connectivity index (χ0) is 21.7. The van der Waals surface area contributed by atoms with Crippen molar-refractivity contribution in [2.45, 2.75) is 26.2 Å². The van der Waals surface area contributed by atoms with Gasteiger partial charge in [-0.1, -0.05) is 18.2 Å². The van der Waals surface area contributed by atoms with E-state index in [4.69, 9.17) is 0 Å². The minimum atomic E-state index is -0.445. The number of amides is 2. The molecule has 5 nitrogen and oxygen atoms in total. The second-order valence-corrected chi connectivity index (χ2v) is 7.84. The Morgan fingerprint density at radius 1 is 0.774 bits per heavy atom. The maximum atomic E-state index is 14.0. The number of rotatable bonds is 2. The van der Waals surface area contributed by atoms with Crippen molar-refractivity contribution >= 4 is 11.8 Å². The molecule has 7 heteroatoms. The number of phenols is 1. The number of phenolic OH excluding ortho intramolecular Hbond substituents is 1. The minimum Gasteiger partial charge on any atom is -0.507 e. The number of halogens is 2. The predicted octanol–water partition coefficient (Wildman–Crippen LogP) is 3.98. The summed E-state index contributed by atoms with van der Waals surface area (Å²) in [5.74, 6) is -1.75. The zero-order valence-corrected chi connectivity index (χ0v) is 16.4. The van der Waals surface area contributed by atoms with Gasteiger partial charge in [-0.05, 0) is 53.1 Å². The Labute approximate surface area is 177 Å². The number of hydrogen-bond acceptors (Lipinski definition) is 3. The van der Waals surface area contributed by atoms with Crippen LogP contribution in [0, 0.1) is 11.6 Å². The molecule has 2 aliphatic heterocycles. The highest BCUT2D eigenvalue weighted by molar-refractivity contribution is 6.01. The Kier molecular flexibility index (Phi) is 4.46. The molecule has 1 N–H and O–H groups in total. The molecule has 5 rings (SSSR count). The number of carbonyl (C=O) groups is 2. The van der Waals surface area contributed by atoms with Crippen molar-refractivity contribution < 1.29 is 23.5 Å². The van der Waals surface area contributed by atoms with Crippen LogP contribution in [0.4, 0.5) is 8.78 Å². The number of hydrogen-bond donors (Lipinski definition) is 1. The molecule has 0 aromatic heterocycles. The second kappa shape index (κ2) is 7.19. The average Bonchev–Trinajstić information content (AvgIpc) is 3.38. The molecular weight excluding hydrogens is 402 g/mol. The smallest absolute Gasteiger partial charge is 0.258 e. The quantitative estimate of drug-likeness (QED) is 0.682. The summed E-state index contributed by atoms with van der Waals surface area (Å²) >= 11 is 0.